The summed E-state index contributed by atoms with van der Waals surface area (Å²) in [7, 11) is 0. The Bertz CT molecular complexity index is 618. The summed E-state index contributed by atoms with van der Waals surface area (Å²) in [5.41, 5.74) is 12.1. The van der Waals surface area contributed by atoms with Gasteiger partial charge in [0, 0.05) is 6.42 Å². The van der Waals surface area contributed by atoms with Crippen LogP contribution in [0.1, 0.15) is 20.3 Å². The van der Waals surface area contributed by atoms with Crippen LogP contribution >= 0.6 is 11.6 Å². The first-order valence-electron chi connectivity index (χ1n) is 5.54. The molecule has 1 aromatic carbocycles. The van der Waals surface area contributed by atoms with Crippen LogP contribution in [0.3, 0.4) is 0 Å². The standard InChI is InChI=1S/C12H15ClN4O/c1-12(2,6-9(14)18)17-10-7(13)4-3-5-8(10)16-11(17)15/h3-5H,6H2,1-2H3,(H2,14,18)(H2,15,16). The van der Waals surface area contributed by atoms with Crippen LogP contribution in [0.25, 0.3) is 11.0 Å². The van der Waals surface area contributed by atoms with Crippen LogP contribution in [0.4, 0.5) is 5.95 Å². The number of nitrogens with zero attached hydrogens (tertiary/aromatic N) is 2. The van der Waals surface area contributed by atoms with E-state index in [-0.39, 0.29) is 6.42 Å². The lowest BCUT2D eigenvalue weighted by Gasteiger charge is -2.27. The Morgan fingerprint density at radius 2 is 2.17 bits per heavy atom. The van der Waals surface area contributed by atoms with Crippen molar-refractivity contribution >= 4 is 34.5 Å². The molecule has 18 heavy (non-hydrogen) atoms. The minimum atomic E-state index is -0.574. The number of primary amides is 1. The number of para-hydroxylation sites is 1. The molecule has 0 aliphatic carbocycles. The Balaban J connectivity index is 2.70. The largest absolute Gasteiger partial charge is 0.370 e. The smallest absolute Gasteiger partial charge is 0.219 e. The molecule has 0 fully saturated rings. The Hall–Kier alpha value is -1.75. The number of nitrogens with two attached hydrogens (primary N) is 2. The monoisotopic (exact) mass is 266 g/mol. The van der Waals surface area contributed by atoms with Crippen molar-refractivity contribution in [3.63, 3.8) is 0 Å². The van der Waals surface area contributed by atoms with Crippen molar-refractivity contribution in [2.45, 2.75) is 25.8 Å². The van der Waals surface area contributed by atoms with Gasteiger partial charge in [0.15, 0.2) is 0 Å². The topological polar surface area (TPSA) is 86.9 Å². The van der Waals surface area contributed by atoms with Crippen LogP contribution < -0.4 is 11.5 Å². The van der Waals surface area contributed by atoms with Gasteiger partial charge in [-0.3, -0.25) is 4.79 Å². The van der Waals surface area contributed by atoms with Crippen molar-refractivity contribution in [1.29, 1.82) is 0 Å². The van der Waals surface area contributed by atoms with E-state index in [1.807, 2.05) is 26.0 Å². The van der Waals surface area contributed by atoms with E-state index < -0.39 is 11.4 Å². The number of aromatic nitrogens is 2. The number of carbonyl (C=O) groups excluding carboxylic acids is 1. The lowest BCUT2D eigenvalue weighted by atomic mass is 9.99. The molecule has 5 nitrogen and oxygen atoms in total. The highest BCUT2D eigenvalue weighted by Crippen LogP contribution is 2.33. The van der Waals surface area contributed by atoms with Gasteiger partial charge in [0.05, 0.1) is 21.6 Å². The van der Waals surface area contributed by atoms with Crippen molar-refractivity contribution in [3.05, 3.63) is 23.2 Å². The quantitative estimate of drug-likeness (QED) is 0.889. The maximum Gasteiger partial charge on any atom is 0.219 e. The van der Waals surface area contributed by atoms with E-state index in [1.165, 1.54) is 0 Å². The first-order valence-corrected chi connectivity index (χ1v) is 5.92. The Kier molecular flexibility index (Phi) is 2.94. The molecule has 2 rings (SSSR count). The number of fused-ring (bicyclic) bond motifs is 1. The normalized spacial score (nSPS) is 11.9. The molecule has 0 saturated heterocycles. The molecule has 0 radical (unpaired) electrons. The molecule has 2 aromatic rings. The zero-order valence-corrected chi connectivity index (χ0v) is 11.0. The predicted octanol–water partition coefficient (Wildman–Crippen LogP) is 1.88. The summed E-state index contributed by atoms with van der Waals surface area (Å²) in [5, 5.41) is 0.550. The van der Waals surface area contributed by atoms with E-state index in [2.05, 4.69) is 4.98 Å². The number of hydrogen-bond donors (Lipinski definition) is 2. The summed E-state index contributed by atoms with van der Waals surface area (Å²) in [6.45, 7) is 3.75. The Morgan fingerprint density at radius 3 is 2.78 bits per heavy atom. The molecule has 4 N–H and O–H groups in total. The minimum absolute atomic E-state index is 0.161. The average Bonchev–Trinajstić information content (AvgIpc) is 2.54. The third-order valence-corrected chi connectivity index (χ3v) is 3.17. The van der Waals surface area contributed by atoms with Gasteiger partial charge in [-0.1, -0.05) is 17.7 Å². The summed E-state index contributed by atoms with van der Waals surface area (Å²) >= 11 is 6.19. The zero-order valence-electron chi connectivity index (χ0n) is 10.3. The van der Waals surface area contributed by atoms with Crippen LogP contribution in [0.15, 0.2) is 18.2 Å². The maximum absolute atomic E-state index is 11.2. The molecule has 0 spiro atoms. The lowest BCUT2D eigenvalue weighted by molar-refractivity contribution is -0.119. The molecule has 0 aliphatic heterocycles. The van der Waals surface area contributed by atoms with Gasteiger partial charge in [0.25, 0.3) is 0 Å². The fraction of sp³-hybridized carbons (Fsp3) is 0.333. The van der Waals surface area contributed by atoms with E-state index in [0.29, 0.717) is 16.5 Å². The van der Waals surface area contributed by atoms with Crippen LogP contribution in [-0.2, 0) is 10.3 Å². The summed E-state index contributed by atoms with van der Waals surface area (Å²) in [6.07, 6.45) is 0.161. The van der Waals surface area contributed by atoms with Crippen LogP contribution in [-0.4, -0.2) is 15.5 Å². The SMILES string of the molecule is CC(C)(CC(N)=O)n1c(N)nc2cccc(Cl)c21. The first-order chi connectivity index (χ1) is 8.33. The van der Waals surface area contributed by atoms with E-state index in [0.717, 1.165) is 5.52 Å². The molecule has 6 heteroatoms. The number of imidazole rings is 1. The number of halogens is 1. The number of anilines is 1. The van der Waals surface area contributed by atoms with Gasteiger partial charge in [0.2, 0.25) is 11.9 Å². The highest BCUT2D eigenvalue weighted by Gasteiger charge is 2.28. The summed E-state index contributed by atoms with van der Waals surface area (Å²) < 4.78 is 1.76. The van der Waals surface area contributed by atoms with Gasteiger partial charge in [-0.05, 0) is 26.0 Å². The number of amides is 1. The molecule has 96 valence electrons. The molecule has 1 heterocycles. The van der Waals surface area contributed by atoms with Crippen molar-refractivity contribution < 1.29 is 4.79 Å². The maximum atomic E-state index is 11.2. The second-order valence-electron chi connectivity index (χ2n) is 4.87. The molecule has 0 unspecified atom stereocenters. The Morgan fingerprint density at radius 1 is 1.50 bits per heavy atom. The molecule has 0 aliphatic rings. The van der Waals surface area contributed by atoms with E-state index in [1.54, 1.807) is 10.6 Å². The van der Waals surface area contributed by atoms with Gasteiger partial charge in [0.1, 0.15) is 0 Å². The molecule has 0 saturated carbocycles. The first kappa shape index (κ1) is 12.7. The second-order valence-corrected chi connectivity index (χ2v) is 5.28. The molecule has 1 aromatic heterocycles. The third-order valence-electron chi connectivity index (χ3n) is 2.87. The van der Waals surface area contributed by atoms with Gasteiger partial charge < -0.3 is 16.0 Å². The third kappa shape index (κ3) is 2.01. The number of nitrogen functional groups attached to an aromatic ring is 1. The van der Waals surface area contributed by atoms with Crippen LogP contribution in [0.5, 0.6) is 0 Å². The Labute approximate surface area is 110 Å². The zero-order chi connectivity index (χ0) is 13.5. The highest BCUT2D eigenvalue weighted by molar-refractivity contribution is 6.35. The molecule has 0 atom stereocenters. The van der Waals surface area contributed by atoms with Gasteiger partial charge in [-0.2, -0.15) is 0 Å². The summed E-state index contributed by atoms with van der Waals surface area (Å²) in [6, 6.07) is 5.40. The molecule has 1 amide bonds. The van der Waals surface area contributed by atoms with Gasteiger partial charge >= 0.3 is 0 Å². The van der Waals surface area contributed by atoms with Crippen molar-refractivity contribution in [2.75, 3.05) is 5.73 Å². The number of hydrogen-bond acceptors (Lipinski definition) is 3. The minimum Gasteiger partial charge on any atom is -0.370 e. The number of rotatable bonds is 3. The van der Waals surface area contributed by atoms with Crippen LogP contribution in [0.2, 0.25) is 5.02 Å². The fourth-order valence-electron chi connectivity index (χ4n) is 2.22. The van der Waals surface area contributed by atoms with Gasteiger partial charge in [-0.25, -0.2) is 4.98 Å². The molecule has 0 bridgehead atoms. The van der Waals surface area contributed by atoms with Crippen LogP contribution in [0, 0.1) is 0 Å². The molecular weight excluding hydrogens is 252 g/mol. The lowest BCUT2D eigenvalue weighted by Crippen LogP contribution is -2.33. The highest BCUT2D eigenvalue weighted by atomic mass is 35.5. The summed E-state index contributed by atoms with van der Waals surface area (Å²) in [4.78, 5) is 15.4. The number of benzene rings is 1. The van der Waals surface area contributed by atoms with Gasteiger partial charge in [-0.15, -0.1) is 0 Å². The molecular formula is C12H15ClN4O. The predicted molar refractivity (Wildman–Crippen MR) is 72.3 cm³/mol. The fourth-order valence-corrected chi connectivity index (χ4v) is 2.48. The van der Waals surface area contributed by atoms with Crippen molar-refractivity contribution in [1.82, 2.24) is 9.55 Å². The van der Waals surface area contributed by atoms with E-state index in [4.69, 9.17) is 23.1 Å². The van der Waals surface area contributed by atoms with Crippen molar-refractivity contribution in [3.8, 4) is 0 Å². The van der Waals surface area contributed by atoms with Crippen molar-refractivity contribution in [2.24, 2.45) is 5.73 Å². The van der Waals surface area contributed by atoms with E-state index >= 15 is 0 Å². The summed E-state index contributed by atoms with van der Waals surface area (Å²) in [5.74, 6) is -0.0716. The van der Waals surface area contributed by atoms with E-state index in [9.17, 15) is 4.79 Å². The average molecular weight is 267 g/mol. The second kappa shape index (κ2) is 4.17. The number of carbonyl (C=O) groups is 1.